The molecule has 1 rings (SSSR count). The van der Waals surface area contributed by atoms with E-state index in [-0.39, 0.29) is 18.2 Å². The minimum Gasteiger partial charge on any atom is -0.469 e. The van der Waals surface area contributed by atoms with E-state index in [1.807, 2.05) is 0 Å². The van der Waals surface area contributed by atoms with Crippen LogP contribution in [-0.2, 0) is 16.1 Å². The average molecular weight is 281 g/mol. The van der Waals surface area contributed by atoms with Crippen LogP contribution in [0, 0.1) is 12.7 Å². The molecule has 1 aromatic rings. The van der Waals surface area contributed by atoms with E-state index in [0.29, 0.717) is 24.6 Å². The number of ether oxygens (including phenoxy) is 1. The second-order valence-corrected chi connectivity index (χ2v) is 4.26. The van der Waals surface area contributed by atoms with Crippen molar-refractivity contribution in [2.75, 3.05) is 20.7 Å². The molecule has 0 radical (unpaired) electrons. The van der Waals surface area contributed by atoms with E-state index in [2.05, 4.69) is 20.4 Å². The van der Waals surface area contributed by atoms with Crippen LogP contribution >= 0.6 is 0 Å². The number of nitrogens with one attached hydrogen (secondary N) is 2. The molecule has 0 bridgehead atoms. The van der Waals surface area contributed by atoms with Gasteiger partial charge in [0.05, 0.1) is 13.5 Å². The highest BCUT2D eigenvalue weighted by atomic mass is 19.1. The van der Waals surface area contributed by atoms with Gasteiger partial charge in [-0.1, -0.05) is 12.1 Å². The summed E-state index contributed by atoms with van der Waals surface area (Å²) in [6.45, 7) is 2.69. The standard InChI is InChI=1S/C14H20FN3O2/c1-10-8-11(4-5-12(10)15)9-18-14(16-2)17-7-6-13(19)20-3/h4-5,8H,6-7,9H2,1-3H3,(H2,16,17,18). The number of nitrogens with zero attached hydrogens (tertiary/aromatic N) is 1. The van der Waals surface area contributed by atoms with E-state index in [0.717, 1.165) is 5.56 Å². The number of rotatable bonds is 5. The van der Waals surface area contributed by atoms with Gasteiger partial charge in [0.2, 0.25) is 0 Å². The lowest BCUT2D eigenvalue weighted by Gasteiger charge is -2.12. The minimum absolute atomic E-state index is 0.214. The molecule has 0 heterocycles. The van der Waals surface area contributed by atoms with Crippen LogP contribution in [0.4, 0.5) is 4.39 Å². The molecule has 0 amide bonds. The second kappa shape index (κ2) is 8.14. The van der Waals surface area contributed by atoms with Gasteiger partial charge in [0.25, 0.3) is 0 Å². The highest BCUT2D eigenvalue weighted by molar-refractivity contribution is 5.80. The Morgan fingerprint density at radius 1 is 1.40 bits per heavy atom. The Kier molecular flexibility index (Phi) is 6.49. The molecule has 0 aliphatic rings. The number of hydrogen-bond donors (Lipinski definition) is 2. The Hall–Kier alpha value is -2.11. The molecule has 0 aliphatic heterocycles. The highest BCUT2D eigenvalue weighted by Gasteiger charge is 2.03. The summed E-state index contributed by atoms with van der Waals surface area (Å²) in [6, 6.07) is 4.95. The van der Waals surface area contributed by atoms with E-state index in [1.165, 1.54) is 13.2 Å². The number of carbonyl (C=O) groups excluding carboxylic acids is 1. The van der Waals surface area contributed by atoms with Crippen molar-refractivity contribution in [2.24, 2.45) is 4.99 Å². The van der Waals surface area contributed by atoms with Gasteiger partial charge >= 0.3 is 5.97 Å². The number of guanidine groups is 1. The lowest BCUT2D eigenvalue weighted by atomic mass is 10.1. The lowest BCUT2D eigenvalue weighted by Crippen LogP contribution is -2.37. The van der Waals surface area contributed by atoms with Gasteiger partial charge in [-0.25, -0.2) is 4.39 Å². The third kappa shape index (κ3) is 5.26. The summed E-state index contributed by atoms with van der Waals surface area (Å²) >= 11 is 0. The summed E-state index contributed by atoms with van der Waals surface area (Å²) in [4.78, 5) is 15.0. The van der Waals surface area contributed by atoms with Crippen LogP contribution in [0.25, 0.3) is 0 Å². The Bertz CT molecular complexity index is 489. The zero-order chi connectivity index (χ0) is 15.0. The number of esters is 1. The van der Waals surface area contributed by atoms with Crippen molar-refractivity contribution in [1.29, 1.82) is 0 Å². The molecular formula is C14H20FN3O2. The SMILES string of the molecule is CN=C(NCCC(=O)OC)NCc1ccc(F)c(C)c1. The smallest absolute Gasteiger partial charge is 0.307 e. The number of benzene rings is 1. The van der Waals surface area contributed by atoms with Crippen molar-refractivity contribution >= 4 is 11.9 Å². The zero-order valence-electron chi connectivity index (χ0n) is 12.0. The van der Waals surface area contributed by atoms with Gasteiger partial charge < -0.3 is 15.4 Å². The quantitative estimate of drug-likeness (QED) is 0.486. The number of aliphatic imine (C=N–C) groups is 1. The third-order valence-electron chi connectivity index (χ3n) is 2.76. The Morgan fingerprint density at radius 2 is 2.15 bits per heavy atom. The van der Waals surface area contributed by atoms with Crippen LogP contribution in [0.3, 0.4) is 0 Å². The van der Waals surface area contributed by atoms with Gasteiger partial charge in [-0.05, 0) is 24.1 Å². The molecule has 6 heteroatoms. The topological polar surface area (TPSA) is 62.7 Å². The molecule has 0 fully saturated rings. The van der Waals surface area contributed by atoms with Gasteiger partial charge in [0.1, 0.15) is 5.82 Å². The van der Waals surface area contributed by atoms with Crippen molar-refractivity contribution in [3.63, 3.8) is 0 Å². The largest absolute Gasteiger partial charge is 0.469 e. The molecule has 5 nitrogen and oxygen atoms in total. The number of halogens is 1. The Labute approximate surface area is 118 Å². The first-order valence-corrected chi connectivity index (χ1v) is 6.33. The molecule has 0 atom stereocenters. The van der Waals surface area contributed by atoms with E-state index in [1.54, 1.807) is 26.1 Å². The fourth-order valence-electron chi connectivity index (χ4n) is 1.61. The lowest BCUT2D eigenvalue weighted by molar-refractivity contribution is -0.140. The maximum atomic E-state index is 13.1. The first-order valence-electron chi connectivity index (χ1n) is 6.33. The molecule has 0 saturated heterocycles. The second-order valence-electron chi connectivity index (χ2n) is 4.26. The maximum Gasteiger partial charge on any atom is 0.307 e. The monoisotopic (exact) mass is 281 g/mol. The molecule has 20 heavy (non-hydrogen) atoms. The fourth-order valence-corrected chi connectivity index (χ4v) is 1.61. The molecule has 2 N–H and O–H groups in total. The first kappa shape index (κ1) is 15.9. The van der Waals surface area contributed by atoms with Crippen molar-refractivity contribution in [3.05, 3.63) is 35.1 Å². The molecule has 0 aliphatic carbocycles. The van der Waals surface area contributed by atoms with Crippen LogP contribution in [0.15, 0.2) is 23.2 Å². The summed E-state index contributed by atoms with van der Waals surface area (Å²) in [5.74, 6) is 0.0901. The van der Waals surface area contributed by atoms with E-state index >= 15 is 0 Å². The van der Waals surface area contributed by atoms with Crippen molar-refractivity contribution < 1.29 is 13.9 Å². The summed E-state index contributed by atoms with van der Waals surface area (Å²) < 4.78 is 17.7. The van der Waals surface area contributed by atoms with Crippen molar-refractivity contribution in [2.45, 2.75) is 19.9 Å². The van der Waals surface area contributed by atoms with Crippen molar-refractivity contribution in [1.82, 2.24) is 10.6 Å². The highest BCUT2D eigenvalue weighted by Crippen LogP contribution is 2.08. The number of methoxy groups -OCH3 is 1. The fraction of sp³-hybridized carbons (Fsp3) is 0.429. The van der Waals surface area contributed by atoms with Gasteiger partial charge in [0, 0.05) is 20.1 Å². The molecule has 0 unspecified atom stereocenters. The summed E-state index contributed by atoms with van der Waals surface area (Å²) in [6.07, 6.45) is 0.271. The Morgan fingerprint density at radius 3 is 2.75 bits per heavy atom. The molecule has 0 spiro atoms. The van der Waals surface area contributed by atoms with Gasteiger partial charge in [0.15, 0.2) is 5.96 Å². The molecule has 0 aromatic heterocycles. The van der Waals surface area contributed by atoms with Crippen molar-refractivity contribution in [3.8, 4) is 0 Å². The minimum atomic E-state index is -0.276. The van der Waals surface area contributed by atoms with Crippen LogP contribution < -0.4 is 10.6 Å². The van der Waals surface area contributed by atoms with E-state index < -0.39 is 0 Å². The predicted molar refractivity (Wildman–Crippen MR) is 76.0 cm³/mol. The van der Waals surface area contributed by atoms with Gasteiger partial charge in [-0.15, -0.1) is 0 Å². The van der Waals surface area contributed by atoms with Gasteiger partial charge in [-0.2, -0.15) is 0 Å². The Balaban J connectivity index is 2.41. The van der Waals surface area contributed by atoms with E-state index in [9.17, 15) is 9.18 Å². The molecule has 110 valence electrons. The third-order valence-corrected chi connectivity index (χ3v) is 2.76. The zero-order valence-corrected chi connectivity index (χ0v) is 12.0. The molecule has 0 saturated carbocycles. The summed E-state index contributed by atoms with van der Waals surface area (Å²) in [7, 11) is 3.00. The van der Waals surface area contributed by atoms with Gasteiger partial charge in [-0.3, -0.25) is 9.79 Å². The van der Waals surface area contributed by atoms with E-state index in [4.69, 9.17) is 0 Å². The van der Waals surface area contributed by atoms with Crippen LogP contribution in [0.1, 0.15) is 17.5 Å². The number of hydrogen-bond acceptors (Lipinski definition) is 3. The van der Waals surface area contributed by atoms with Crippen LogP contribution in [0.2, 0.25) is 0 Å². The number of carbonyl (C=O) groups is 1. The molecular weight excluding hydrogens is 261 g/mol. The molecule has 1 aromatic carbocycles. The maximum absolute atomic E-state index is 13.1. The number of aryl methyl sites for hydroxylation is 1. The normalized spacial score (nSPS) is 11.1. The summed E-state index contributed by atoms with van der Waals surface area (Å²) in [5.41, 5.74) is 1.57. The van der Waals surface area contributed by atoms with Crippen LogP contribution in [0.5, 0.6) is 0 Å². The average Bonchev–Trinajstić information content (AvgIpc) is 2.45. The first-order chi connectivity index (χ1) is 9.56. The van der Waals surface area contributed by atoms with Crippen LogP contribution in [-0.4, -0.2) is 32.6 Å². The predicted octanol–water partition coefficient (Wildman–Crippen LogP) is 1.36. The summed E-state index contributed by atoms with van der Waals surface area (Å²) in [5, 5.41) is 6.08.